The topological polar surface area (TPSA) is 92.3 Å². The highest BCUT2D eigenvalue weighted by Crippen LogP contribution is 2.47. The summed E-state index contributed by atoms with van der Waals surface area (Å²) >= 11 is 0. The molecule has 0 unspecified atom stereocenters. The molecule has 1 aliphatic heterocycles. The van der Waals surface area contributed by atoms with Crippen LogP contribution < -0.4 is 24.3 Å². The van der Waals surface area contributed by atoms with Crippen molar-refractivity contribution in [3.05, 3.63) is 70.1 Å². The highest BCUT2D eigenvalue weighted by Gasteiger charge is 2.41. The zero-order valence-corrected chi connectivity index (χ0v) is 23.5. The third kappa shape index (κ3) is 5.60. The fourth-order valence-corrected chi connectivity index (χ4v) is 5.39. The molecule has 1 N–H and O–H groups in total. The summed E-state index contributed by atoms with van der Waals surface area (Å²) in [5.74, 6) is 1.32. The first-order valence-corrected chi connectivity index (χ1v) is 13.3. The SMILES string of the molecule is CCCOc1ccc([C@@H]2C(C(=O)OCC)=C(C)NC3=C2C(=O)C[C@H](c2ccc(OC)c(OC)c2)C3)cc1OC. The van der Waals surface area contributed by atoms with Crippen molar-refractivity contribution in [3.63, 3.8) is 0 Å². The van der Waals surface area contributed by atoms with Crippen LogP contribution in [0.1, 0.15) is 63.0 Å². The Morgan fingerprint density at radius 3 is 2.21 bits per heavy atom. The van der Waals surface area contributed by atoms with Gasteiger partial charge < -0.3 is 29.0 Å². The summed E-state index contributed by atoms with van der Waals surface area (Å²) in [6.07, 6.45) is 1.77. The van der Waals surface area contributed by atoms with Gasteiger partial charge in [-0.3, -0.25) is 4.79 Å². The fraction of sp³-hybridized carbons (Fsp3) is 0.419. The number of dihydropyridines is 1. The molecule has 0 saturated heterocycles. The lowest BCUT2D eigenvalue weighted by Gasteiger charge is -2.37. The van der Waals surface area contributed by atoms with Crippen molar-refractivity contribution in [1.29, 1.82) is 0 Å². The molecule has 208 valence electrons. The molecule has 1 aliphatic carbocycles. The number of carbonyl (C=O) groups excluding carboxylic acids is 2. The lowest BCUT2D eigenvalue weighted by atomic mass is 9.71. The largest absolute Gasteiger partial charge is 0.493 e. The first-order valence-electron chi connectivity index (χ1n) is 13.3. The number of nitrogens with one attached hydrogen (secondary N) is 1. The maximum absolute atomic E-state index is 13.9. The molecule has 0 saturated carbocycles. The number of Topliss-reactive ketones (excluding diaryl/α,β-unsaturated/α-hetero) is 1. The van der Waals surface area contributed by atoms with E-state index in [0.717, 1.165) is 23.2 Å². The Bertz CT molecular complexity index is 1310. The van der Waals surface area contributed by atoms with Crippen LogP contribution in [0.15, 0.2) is 58.9 Å². The van der Waals surface area contributed by atoms with Gasteiger partial charge in [0.25, 0.3) is 0 Å². The summed E-state index contributed by atoms with van der Waals surface area (Å²) in [5.41, 5.74) is 4.25. The summed E-state index contributed by atoms with van der Waals surface area (Å²) in [4.78, 5) is 27.1. The number of rotatable bonds is 10. The van der Waals surface area contributed by atoms with Gasteiger partial charge in [0.05, 0.1) is 40.1 Å². The highest BCUT2D eigenvalue weighted by molar-refractivity contribution is 6.04. The molecule has 0 spiro atoms. The average molecular weight is 536 g/mol. The number of esters is 1. The molecule has 2 aromatic rings. The summed E-state index contributed by atoms with van der Waals surface area (Å²) in [6.45, 7) is 6.45. The number of benzene rings is 2. The van der Waals surface area contributed by atoms with Crippen LogP contribution in [0, 0.1) is 0 Å². The van der Waals surface area contributed by atoms with Crippen LogP contribution in [-0.2, 0) is 14.3 Å². The first-order chi connectivity index (χ1) is 18.9. The van der Waals surface area contributed by atoms with Gasteiger partial charge in [-0.2, -0.15) is 0 Å². The van der Waals surface area contributed by atoms with E-state index in [1.807, 2.05) is 50.2 Å². The van der Waals surface area contributed by atoms with Crippen molar-refractivity contribution >= 4 is 11.8 Å². The minimum absolute atomic E-state index is 0.0203. The van der Waals surface area contributed by atoms with Gasteiger partial charge in [0.1, 0.15) is 0 Å². The van der Waals surface area contributed by atoms with Gasteiger partial charge in [-0.05, 0) is 68.0 Å². The van der Waals surface area contributed by atoms with E-state index in [1.54, 1.807) is 28.3 Å². The van der Waals surface area contributed by atoms with Crippen molar-refractivity contribution < 1.29 is 33.3 Å². The molecule has 4 rings (SSSR count). The molecule has 0 radical (unpaired) electrons. The number of methoxy groups -OCH3 is 3. The number of hydrogen-bond acceptors (Lipinski definition) is 8. The van der Waals surface area contributed by atoms with E-state index < -0.39 is 11.9 Å². The molecule has 1 heterocycles. The van der Waals surface area contributed by atoms with Crippen molar-refractivity contribution in [3.8, 4) is 23.0 Å². The Balaban J connectivity index is 1.79. The van der Waals surface area contributed by atoms with Crippen molar-refractivity contribution in [1.82, 2.24) is 5.32 Å². The predicted octanol–water partition coefficient (Wildman–Crippen LogP) is 5.43. The van der Waals surface area contributed by atoms with E-state index in [9.17, 15) is 9.59 Å². The molecule has 0 fully saturated rings. The zero-order valence-electron chi connectivity index (χ0n) is 23.5. The molecular formula is C31H37NO7. The lowest BCUT2D eigenvalue weighted by molar-refractivity contribution is -0.138. The van der Waals surface area contributed by atoms with Crippen LogP contribution in [0.4, 0.5) is 0 Å². The molecule has 0 amide bonds. The molecule has 0 aromatic heterocycles. The van der Waals surface area contributed by atoms with Crippen LogP contribution in [0.3, 0.4) is 0 Å². The second-order valence-electron chi connectivity index (χ2n) is 9.61. The van der Waals surface area contributed by atoms with E-state index >= 15 is 0 Å². The van der Waals surface area contributed by atoms with Crippen LogP contribution in [0.25, 0.3) is 0 Å². The smallest absolute Gasteiger partial charge is 0.336 e. The Kier molecular flexibility index (Phi) is 8.84. The molecule has 2 aliphatic rings. The van der Waals surface area contributed by atoms with Gasteiger partial charge in [0, 0.05) is 29.3 Å². The van der Waals surface area contributed by atoms with E-state index in [-0.39, 0.29) is 18.3 Å². The van der Waals surface area contributed by atoms with E-state index in [4.69, 9.17) is 23.7 Å². The average Bonchev–Trinajstić information content (AvgIpc) is 2.94. The Labute approximate surface area is 229 Å². The summed E-state index contributed by atoms with van der Waals surface area (Å²) in [7, 11) is 4.77. The summed E-state index contributed by atoms with van der Waals surface area (Å²) in [5, 5.41) is 3.38. The van der Waals surface area contributed by atoms with E-state index in [0.29, 0.717) is 59.3 Å². The first kappa shape index (κ1) is 28.1. The quantitative estimate of drug-likeness (QED) is 0.403. The number of allylic oxidation sites excluding steroid dienone is 3. The molecule has 2 aromatic carbocycles. The Morgan fingerprint density at radius 2 is 1.54 bits per heavy atom. The lowest BCUT2D eigenvalue weighted by Crippen LogP contribution is -2.36. The molecule has 39 heavy (non-hydrogen) atoms. The van der Waals surface area contributed by atoms with Gasteiger partial charge in [0.2, 0.25) is 0 Å². The van der Waals surface area contributed by atoms with Crippen LogP contribution >= 0.6 is 0 Å². The molecule has 0 bridgehead atoms. The van der Waals surface area contributed by atoms with Crippen LogP contribution in [-0.4, -0.2) is 46.3 Å². The van der Waals surface area contributed by atoms with Gasteiger partial charge in [0.15, 0.2) is 28.8 Å². The third-order valence-electron chi connectivity index (χ3n) is 7.18. The molecule has 8 nitrogen and oxygen atoms in total. The van der Waals surface area contributed by atoms with Gasteiger partial charge >= 0.3 is 5.97 Å². The van der Waals surface area contributed by atoms with Crippen LogP contribution in [0.5, 0.6) is 23.0 Å². The highest BCUT2D eigenvalue weighted by atomic mass is 16.5. The zero-order chi connectivity index (χ0) is 28.1. The summed E-state index contributed by atoms with van der Waals surface area (Å²) in [6, 6.07) is 11.3. The second kappa shape index (κ2) is 12.3. The summed E-state index contributed by atoms with van der Waals surface area (Å²) < 4.78 is 27.8. The maximum Gasteiger partial charge on any atom is 0.336 e. The van der Waals surface area contributed by atoms with Gasteiger partial charge in [-0.15, -0.1) is 0 Å². The number of ketones is 1. The van der Waals surface area contributed by atoms with Crippen molar-refractivity contribution in [2.75, 3.05) is 34.5 Å². The number of carbonyl (C=O) groups is 2. The van der Waals surface area contributed by atoms with Gasteiger partial charge in [-0.1, -0.05) is 19.1 Å². The fourth-order valence-electron chi connectivity index (χ4n) is 5.39. The number of hydrogen-bond donors (Lipinski definition) is 1. The Morgan fingerprint density at radius 1 is 0.897 bits per heavy atom. The van der Waals surface area contributed by atoms with Crippen molar-refractivity contribution in [2.24, 2.45) is 0 Å². The van der Waals surface area contributed by atoms with Gasteiger partial charge in [-0.25, -0.2) is 4.79 Å². The second-order valence-corrected chi connectivity index (χ2v) is 9.61. The number of ether oxygens (including phenoxy) is 5. The standard InChI is InChI=1S/C31H37NO7/c1-7-13-39-25-12-10-20(17-27(25)37-6)29-28(31(34)38-8-2)18(3)32-22-14-21(15-23(33)30(22)29)19-9-11-24(35-4)26(16-19)36-5/h9-12,16-17,21,29,32H,7-8,13-15H2,1-6H3/t21-,29-/m1/s1. The van der Waals surface area contributed by atoms with Crippen molar-refractivity contribution in [2.45, 2.75) is 51.9 Å². The Hall–Kier alpha value is -3.94. The van der Waals surface area contributed by atoms with Crippen LogP contribution in [0.2, 0.25) is 0 Å². The molecular weight excluding hydrogens is 498 g/mol. The predicted molar refractivity (Wildman–Crippen MR) is 148 cm³/mol. The van der Waals surface area contributed by atoms with E-state index in [2.05, 4.69) is 5.32 Å². The molecule has 2 atom stereocenters. The monoisotopic (exact) mass is 535 g/mol. The molecule has 8 heteroatoms. The van der Waals surface area contributed by atoms with E-state index in [1.165, 1.54) is 0 Å². The normalized spacial score (nSPS) is 18.8. The minimum atomic E-state index is -0.590. The third-order valence-corrected chi connectivity index (χ3v) is 7.18. The maximum atomic E-state index is 13.9. The minimum Gasteiger partial charge on any atom is -0.493 e.